The molecule has 0 spiro atoms. The summed E-state index contributed by atoms with van der Waals surface area (Å²) in [5, 5.41) is 14.7. The van der Waals surface area contributed by atoms with E-state index in [1.807, 2.05) is 23.9 Å². The minimum Gasteiger partial charge on any atom is -0.388 e. The molecule has 2 aromatic rings. The maximum atomic E-state index is 10.2. The van der Waals surface area contributed by atoms with Crippen LogP contribution in [0.5, 0.6) is 0 Å². The highest BCUT2D eigenvalue weighted by Crippen LogP contribution is 2.40. The van der Waals surface area contributed by atoms with E-state index >= 15 is 0 Å². The number of nitrogens with zero attached hydrogens (tertiary/aromatic N) is 3. The van der Waals surface area contributed by atoms with Gasteiger partial charge in [0.2, 0.25) is 0 Å². The summed E-state index contributed by atoms with van der Waals surface area (Å²) < 4.78 is 5.22. The van der Waals surface area contributed by atoms with E-state index in [1.165, 1.54) is 5.69 Å². The molecular formula is C15H20BrN3O. The van der Waals surface area contributed by atoms with Crippen molar-refractivity contribution in [3.05, 3.63) is 39.9 Å². The minimum absolute atomic E-state index is 0.294. The molecule has 108 valence electrons. The number of aliphatic hydroxyl groups is 1. The summed E-state index contributed by atoms with van der Waals surface area (Å²) in [4.78, 5) is 0. The van der Waals surface area contributed by atoms with Gasteiger partial charge in [0, 0.05) is 18.9 Å². The van der Waals surface area contributed by atoms with E-state index in [0.717, 1.165) is 41.7 Å². The molecule has 2 heterocycles. The summed E-state index contributed by atoms with van der Waals surface area (Å²) in [5.41, 5.74) is 3.23. The Morgan fingerprint density at radius 1 is 1.50 bits per heavy atom. The van der Waals surface area contributed by atoms with Gasteiger partial charge in [0.25, 0.3) is 0 Å². The summed E-state index contributed by atoms with van der Waals surface area (Å²) in [6.45, 7) is 5.74. The van der Waals surface area contributed by atoms with Gasteiger partial charge in [0.05, 0.1) is 28.5 Å². The number of hydrogen-bond acceptors (Lipinski definition) is 2. The molecule has 0 amide bonds. The van der Waals surface area contributed by atoms with Crippen LogP contribution in [0.3, 0.4) is 0 Å². The van der Waals surface area contributed by atoms with Crippen LogP contribution in [0.15, 0.2) is 22.9 Å². The third-order valence-corrected chi connectivity index (χ3v) is 5.00. The van der Waals surface area contributed by atoms with Gasteiger partial charge in [-0.05, 0) is 60.2 Å². The molecule has 2 aromatic heterocycles. The van der Waals surface area contributed by atoms with Crippen LogP contribution in [0.2, 0.25) is 0 Å². The minimum atomic E-state index is -0.294. The van der Waals surface area contributed by atoms with Crippen molar-refractivity contribution in [2.75, 3.05) is 0 Å². The molecule has 4 nitrogen and oxygen atoms in total. The molecule has 1 N–H and O–H groups in total. The lowest BCUT2D eigenvalue weighted by atomic mass is 10.1. The van der Waals surface area contributed by atoms with Crippen molar-refractivity contribution < 1.29 is 5.11 Å². The molecule has 1 aliphatic carbocycles. The molecule has 20 heavy (non-hydrogen) atoms. The van der Waals surface area contributed by atoms with E-state index in [-0.39, 0.29) is 6.10 Å². The molecule has 3 rings (SSSR count). The second kappa shape index (κ2) is 5.37. The van der Waals surface area contributed by atoms with Gasteiger partial charge in [0.15, 0.2) is 0 Å². The molecule has 0 aromatic carbocycles. The van der Waals surface area contributed by atoms with Crippen molar-refractivity contribution >= 4 is 15.9 Å². The lowest BCUT2D eigenvalue weighted by Crippen LogP contribution is -2.07. The molecule has 1 fully saturated rings. The SMILES string of the molecule is CCn1nc(C)c(Br)c1Cn1ccc(C(O)C2CC2)c1. The Hall–Kier alpha value is -1.07. The highest BCUT2D eigenvalue weighted by Gasteiger charge is 2.31. The molecule has 5 heteroatoms. The first-order valence-corrected chi connectivity index (χ1v) is 7.95. The number of aryl methyl sites for hydroxylation is 2. The number of hydrogen-bond donors (Lipinski definition) is 1. The average molecular weight is 338 g/mol. The Morgan fingerprint density at radius 2 is 2.25 bits per heavy atom. The molecular weight excluding hydrogens is 318 g/mol. The fraction of sp³-hybridized carbons (Fsp3) is 0.533. The van der Waals surface area contributed by atoms with E-state index < -0.39 is 0 Å². The Bertz CT molecular complexity index is 613. The van der Waals surface area contributed by atoms with Crippen LogP contribution < -0.4 is 0 Å². The number of aromatic nitrogens is 3. The van der Waals surface area contributed by atoms with Crippen LogP contribution in [0.4, 0.5) is 0 Å². The Balaban J connectivity index is 1.81. The number of halogens is 1. The van der Waals surface area contributed by atoms with E-state index in [0.29, 0.717) is 5.92 Å². The summed E-state index contributed by atoms with van der Waals surface area (Å²) in [6, 6.07) is 2.02. The van der Waals surface area contributed by atoms with Gasteiger partial charge < -0.3 is 9.67 Å². The highest BCUT2D eigenvalue weighted by atomic mass is 79.9. The summed E-state index contributed by atoms with van der Waals surface area (Å²) >= 11 is 3.62. The first-order valence-electron chi connectivity index (χ1n) is 7.15. The van der Waals surface area contributed by atoms with Crippen LogP contribution >= 0.6 is 15.9 Å². The molecule has 0 saturated heterocycles. The van der Waals surface area contributed by atoms with Crippen molar-refractivity contribution in [3.8, 4) is 0 Å². The molecule has 1 unspecified atom stereocenters. The van der Waals surface area contributed by atoms with E-state index in [1.54, 1.807) is 0 Å². The zero-order valence-corrected chi connectivity index (χ0v) is 13.5. The molecule has 1 atom stereocenters. The quantitative estimate of drug-likeness (QED) is 0.909. The van der Waals surface area contributed by atoms with E-state index in [9.17, 15) is 5.11 Å². The fourth-order valence-corrected chi connectivity index (χ4v) is 3.02. The number of rotatable bonds is 5. The lowest BCUT2D eigenvalue weighted by Gasteiger charge is -2.08. The maximum Gasteiger partial charge on any atom is 0.0832 e. The third kappa shape index (κ3) is 2.56. The third-order valence-electron chi connectivity index (χ3n) is 3.97. The van der Waals surface area contributed by atoms with E-state index in [2.05, 4.69) is 38.7 Å². The van der Waals surface area contributed by atoms with Gasteiger partial charge in [-0.2, -0.15) is 5.10 Å². The summed E-state index contributed by atoms with van der Waals surface area (Å²) in [7, 11) is 0. The largest absolute Gasteiger partial charge is 0.388 e. The van der Waals surface area contributed by atoms with Crippen molar-refractivity contribution in [2.45, 2.75) is 45.9 Å². The first-order chi connectivity index (χ1) is 9.60. The van der Waals surface area contributed by atoms with Gasteiger partial charge in [-0.1, -0.05) is 0 Å². The monoisotopic (exact) mass is 337 g/mol. The zero-order valence-electron chi connectivity index (χ0n) is 11.9. The summed E-state index contributed by atoms with van der Waals surface area (Å²) in [6.07, 6.45) is 6.10. The van der Waals surface area contributed by atoms with Crippen molar-refractivity contribution in [1.82, 2.24) is 14.3 Å². The molecule has 0 radical (unpaired) electrons. The van der Waals surface area contributed by atoms with Gasteiger partial charge in [-0.15, -0.1) is 0 Å². The topological polar surface area (TPSA) is 43.0 Å². The predicted octanol–water partition coefficient (Wildman–Crippen LogP) is 3.27. The first kappa shape index (κ1) is 13.9. The molecule has 0 bridgehead atoms. The van der Waals surface area contributed by atoms with Gasteiger partial charge in [0.1, 0.15) is 0 Å². The van der Waals surface area contributed by atoms with Crippen LogP contribution in [0.25, 0.3) is 0 Å². The Labute approximate surface area is 127 Å². The smallest absolute Gasteiger partial charge is 0.0832 e. The van der Waals surface area contributed by atoms with Crippen LogP contribution in [0.1, 0.15) is 42.8 Å². The predicted molar refractivity (Wildman–Crippen MR) is 81.6 cm³/mol. The molecule has 0 aliphatic heterocycles. The van der Waals surface area contributed by atoms with Crippen LogP contribution in [-0.2, 0) is 13.1 Å². The normalized spacial score (nSPS) is 16.6. The second-order valence-corrected chi connectivity index (χ2v) is 6.35. The summed E-state index contributed by atoms with van der Waals surface area (Å²) in [5.74, 6) is 0.473. The molecule has 1 aliphatic rings. The van der Waals surface area contributed by atoms with Crippen LogP contribution in [0, 0.1) is 12.8 Å². The highest BCUT2D eigenvalue weighted by molar-refractivity contribution is 9.10. The lowest BCUT2D eigenvalue weighted by molar-refractivity contribution is 0.154. The van der Waals surface area contributed by atoms with Crippen LogP contribution in [-0.4, -0.2) is 19.5 Å². The van der Waals surface area contributed by atoms with Crippen molar-refractivity contribution in [1.29, 1.82) is 0 Å². The average Bonchev–Trinajstić information content (AvgIpc) is 3.13. The zero-order chi connectivity index (χ0) is 14.3. The molecule has 1 saturated carbocycles. The Kier molecular flexibility index (Phi) is 3.73. The van der Waals surface area contributed by atoms with E-state index in [4.69, 9.17) is 0 Å². The van der Waals surface area contributed by atoms with Gasteiger partial charge >= 0.3 is 0 Å². The standard InChI is InChI=1S/C15H20BrN3O/c1-3-19-13(14(16)10(2)17-19)9-18-7-6-12(8-18)15(20)11-4-5-11/h6-8,11,15,20H,3-5,9H2,1-2H3. The van der Waals surface area contributed by atoms with Gasteiger partial charge in [-0.25, -0.2) is 0 Å². The fourth-order valence-electron chi connectivity index (χ4n) is 2.61. The van der Waals surface area contributed by atoms with Crippen molar-refractivity contribution in [3.63, 3.8) is 0 Å². The maximum absolute atomic E-state index is 10.2. The Morgan fingerprint density at radius 3 is 2.90 bits per heavy atom. The van der Waals surface area contributed by atoms with Crippen molar-refractivity contribution in [2.24, 2.45) is 5.92 Å². The second-order valence-electron chi connectivity index (χ2n) is 5.56. The van der Waals surface area contributed by atoms with Gasteiger partial charge in [-0.3, -0.25) is 4.68 Å². The number of aliphatic hydroxyl groups excluding tert-OH is 1.